The van der Waals surface area contributed by atoms with Crippen molar-refractivity contribution in [1.82, 2.24) is 9.97 Å². The second kappa shape index (κ2) is 5.85. The van der Waals surface area contributed by atoms with Crippen molar-refractivity contribution in [2.45, 2.75) is 19.8 Å². The Labute approximate surface area is 109 Å². The van der Waals surface area contributed by atoms with Crippen LogP contribution in [0.1, 0.15) is 19.8 Å². The van der Waals surface area contributed by atoms with Gasteiger partial charge in [-0.25, -0.2) is 9.78 Å². The first kappa shape index (κ1) is 12.9. The van der Waals surface area contributed by atoms with E-state index in [1.165, 1.54) is 0 Å². The summed E-state index contributed by atoms with van der Waals surface area (Å²) in [5, 5.41) is 14.0. The SMILES string of the molecule is CCCC(=NO)OC(=O)Nc1nc2ccccc2[nH]1. The van der Waals surface area contributed by atoms with Crippen LogP contribution in [0.3, 0.4) is 0 Å². The smallest absolute Gasteiger partial charge is 0.408 e. The molecule has 0 aliphatic rings. The van der Waals surface area contributed by atoms with Crippen molar-refractivity contribution in [3.63, 3.8) is 0 Å². The van der Waals surface area contributed by atoms with Gasteiger partial charge in [0.2, 0.25) is 11.8 Å². The van der Waals surface area contributed by atoms with Crippen molar-refractivity contribution in [3.05, 3.63) is 24.3 Å². The van der Waals surface area contributed by atoms with E-state index in [0.717, 1.165) is 11.0 Å². The molecule has 7 heteroatoms. The molecular formula is C12H14N4O3. The zero-order valence-corrected chi connectivity index (χ0v) is 10.4. The van der Waals surface area contributed by atoms with E-state index in [1.54, 1.807) is 0 Å². The molecule has 0 aliphatic carbocycles. The van der Waals surface area contributed by atoms with Crippen molar-refractivity contribution in [2.24, 2.45) is 5.16 Å². The molecule has 1 amide bonds. The number of benzene rings is 1. The third-order valence-electron chi connectivity index (χ3n) is 2.40. The van der Waals surface area contributed by atoms with E-state index < -0.39 is 6.09 Å². The molecule has 0 bridgehead atoms. The van der Waals surface area contributed by atoms with Gasteiger partial charge < -0.3 is 14.9 Å². The van der Waals surface area contributed by atoms with Crippen LogP contribution in [0.15, 0.2) is 29.4 Å². The predicted molar refractivity (Wildman–Crippen MR) is 70.3 cm³/mol. The van der Waals surface area contributed by atoms with Crippen LogP contribution < -0.4 is 5.32 Å². The number of para-hydroxylation sites is 2. The maximum absolute atomic E-state index is 11.5. The molecule has 1 heterocycles. The fraction of sp³-hybridized carbons (Fsp3) is 0.250. The van der Waals surface area contributed by atoms with Crippen LogP contribution >= 0.6 is 0 Å². The summed E-state index contributed by atoms with van der Waals surface area (Å²) >= 11 is 0. The Morgan fingerprint density at radius 1 is 1.53 bits per heavy atom. The summed E-state index contributed by atoms with van der Waals surface area (Å²) in [4.78, 5) is 18.6. The highest BCUT2D eigenvalue weighted by Crippen LogP contribution is 2.13. The summed E-state index contributed by atoms with van der Waals surface area (Å²) in [6, 6.07) is 7.38. The summed E-state index contributed by atoms with van der Waals surface area (Å²) < 4.78 is 4.83. The number of amides is 1. The lowest BCUT2D eigenvalue weighted by molar-refractivity contribution is 0.205. The molecule has 0 aliphatic heterocycles. The summed E-state index contributed by atoms with van der Waals surface area (Å²) in [5.74, 6) is 0.246. The normalized spacial score (nSPS) is 11.5. The number of rotatable bonds is 3. The van der Waals surface area contributed by atoms with Gasteiger partial charge in [0, 0.05) is 6.42 Å². The summed E-state index contributed by atoms with van der Waals surface area (Å²) in [7, 11) is 0. The van der Waals surface area contributed by atoms with Gasteiger partial charge in [-0.2, -0.15) is 0 Å². The van der Waals surface area contributed by atoms with Crippen LogP contribution in [0.5, 0.6) is 0 Å². The van der Waals surface area contributed by atoms with E-state index in [9.17, 15) is 4.79 Å². The maximum Gasteiger partial charge on any atom is 0.420 e. The van der Waals surface area contributed by atoms with Gasteiger partial charge in [-0.15, -0.1) is 0 Å². The van der Waals surface area contributed by atoms with E-state index >= 15 is 0 Å². The van der Waals surface area contributed by atoms with Crippen molar-refractivity contribution in [1.29, 1.82) is 0 Å². The first-order valence-corrected chi connectivity index (χ1v) is 5.87. The molecule has 2 rings (SSSR count). The Morgan fingerprint density at radius 2 is 2.32 bits per heavy atom. The highest BCUT2D eigenvalue weighted by Gasteiger charge is 2.11. The molecule has 0 fully saturated rings. The van der Waals surface area contributed by atoms with Gasteiger partial charge in [0.15, 0.2) is 0 Å². The Bertz CT molecular complexity index is 573. The van der Waals surface area contributed by atoms with Crippen LogP contribution in [0.25, 0.3) is 11.0 Å². The third kappa shape index (κ3) is 3.21. The average molecular weight is 262 g/mol. The topological polar surface area (TPSA) is 99.6 Å². The van der Waals surface area contributed by atoms with Gasteiger partial charge >= 0.3 is 6.09 Å². The number of anilines is 1. The van der Waals surface area contributed by atoms with Gasteiger partial charge in [0.1, 0.15) is 0 Å². The first-order valence-electron chi connectivity index (χ1n) is 5.87. The van der Waals surface area contributed by atoms with Gasteiger partial charge in [-0.1, -0.05) is 24.2 Å². The van der Waals surface area contributed by atoms with Crippen LogP contribution in [0.2, 0.25) is 0 Å². The number of aromatic nitrogens is 2. The maximum atomic E-state index is 11.5. The van der Waals surface area contributed by atoms with Gasteiger partial charge in [-0.05, 0) is 18.6 Å². The van der Waals surface area contributed by atoms with Crippen LogP contribution in [0.4, 0.5) is 10.7 Å². The lowest BCUT2D eigenvalue weighted by Gasteiger charge is -2.04. The average Bonchev–Trinajstić information content (AvgIpc) is 2.80. The Kier molecular flexibility index (Phi) is 3.97. The minimum Gasteiger partial charge on any atom is -0.408 e. The van der Waals surface area contributed by atoms with E-state index in [4.69, 9.17) is 9.94 Å². The first-order chi connectivity index (χ1) is 9.22. The molecule has 1 aromatic heterocycles. The molecule has 2 aromatic rings. The number of oxime groups is 1. The molecule has 0 spiro atoms. The lowest BCUT2D eigenvalue weighted by Crippen LogP contribution is -2.19. The highest BCUT2D eigenvalue weighted by atomic mass is 16.6. The molecule has 3 N–H and O–H groups in total. The van der Waals surface area contributed by atoms with Gasteiger partial charge in [0.25, 0.3) is 0 Å². The Morgan fingerprint density at radius 3 is 3.00 bits per heavy atom. The fourth-order valence-corrected chi connectivity index (χ4v) is 1.58. The minimum absolute atomic E-state index is 0.0314. The second-order valence-corrected chi connectivity index (χ2v) is 3.86. The largest absolute Gasteiger partial charge is 0.420 e. The number of nitrogens with one attached hydrogen (secondary N) is 2. The minimum atomic E-state index is -0.750. The van der Waals surface area contributed by atoms with E-state index in [0.29, 0.717) is 12.8 Å². The molecule has 1 aromatic carbocycles. The number of ether oxygens (including phenoxy) is 1. The van der Waals surface area contributed by atoms with Crippen LogP contribution in [-0.2, 0) is 4.74 Å². The lowest BCUT2D eigenvalue weighted by atomic mass is 10.3. The van der Waals surface area contributed by atoms with Crippen molar-refractivity contribution >= 4 is 29.0 Å². The van der Waals surface area contributed by atoms with Crippen molar-refractivity contribution in [3.8, 4) is 0 Å². The summed E-state index contributed by atoms with van der Waals surface area (Å²) in [6.45, 7) is 1.88. The van der Waals surface area contributed by atoms with Gasteiger partial charge in [-0.3, -0.25) is 5.32 Å². The molecule has 0 saturated carbocycles. The van der Waals surface area contributed by atoms with E-state index in [1.807, 2.05) is 31.2 Å². The number of hydrogen-bond donors (Lipinski definition) is 3. The Balaban J connectivity index is 2.02. The Hall–Kier alpha value is -2.57. The number of aromatic amines is 1. The number of imidazole rings is 1. The number of carbonyl (C=O) groups excluding carboxylic acids is 1. The number of hydrogen-bond acceptors (Lipinski definition) is 5. The monoisotopic (exact) mass is 262 g/mol. The quantitative estimate of drug-likeness (QED) is 0.342. The third-order valence-corrected chi connectivity index (χ3v) is 2.40. The molecule has 19 heavy (non-hydrogen) atoms. The van der Waals surface area contributed by atoms with E-state index in [-0.39, 0.29) is 11.8 Å². The zero-order valence-electron chi connectivity index (χ0n) is 10.4. The standard InChI is InChI=1S/C12H14N4O3/c1-2-5-10(16-18)19-12(17)15-11-13-8-6-3-4-7-9(8)14-11/h3-4,6-7,18H,2,5H2,1H3,(H2,13,14,15,17). The molecule has 0 unspecified atom stereocenters. The molecule has 0 radical (unpaired) electrons. The molecule has 7 nitrogen and oxygen atoms in total. The number of fused-ring (bicyclic) bond motifs is 1. The number of carbonyl (C=O) groups is 1. The highest BCUT2D eigenvalue weighted by molar-refractivity contribution is 5.94. The van der Waals surface area contributed by atoms with Crippen molar-refractivity contribution in [2.75, 3.05) is 5.32 Å². The van der Waals surface area contributed by atoms with Crippen molar-refractivity contribution < 1.29 is 14.7 Å². The van der Waals surface area contributed by atoms with Crippen LogP contribution in [0, 0.1) is 0 Å². The second-order valence-electron chi connectivity index (χ2n) is 3.86. The molecule has 0 saturated heterocycles. The summed E-state index contributed by atoms with van der Waals surface area (Å²) in [5.41, 5.74) is 1.55. The molecular weight excluding hydrogens is 248 g/mol. The number of nitrogens with zero attached hydrogens (tertiary/aromatic N) is 2. The number of H-pyrrole nitrogens is 1. The van der Waals surface area contributed by atoms with E-state index in [2.05, 4.69) is 20.4 Å². The predicted octanol–water partition coefficient (Wildman–Crippen LogP) is 2.70. The van der Waals surface area contributed by atoms with Gasteiger partial charge in [0.05, 0.1) is 11.0 Å². The fourth-order valence-electron chi connectivity index (χ4n) is 1.58. The molecule has 0 atom stereocenters. The summed E-state index contributed by atoms with van der Waals surface area (Å²) in [6.07, 6.45) is 0.335. The molecule has 100 valence electrons. The van der Waals surface area contributed by atoms with Crippen LogP contribution in [-0.4, -0.2) is 27.2 Å². The zero-order chi connectivity index (χ0) is 13.7.